The van der Waals surface area contributed by atoms with Gasteiger partial charge in [-0.1, -0.05) is 13.8 Å². The fourth-order valence-corrected chi connectivity index (χ4v) is 3.37. The lowest BCUT2D eigenvalue weighted by molar-refractivity contribution is -0.133. The number of hydrogen-bond donors (Lipinski definition) is 1. The number of ether oxygens (including phenoxy) is 1. The predicted octanol–water partition coefficient (Wildman–Crippen LogP) is 0.807. The third-order valence-corrected chi connectivity index (χ3v) is 4.58. The van der Waals surface area contributed by atoms with Crippen molar-refractivity contribution in [2.24, 2.45) is 7.05 Å². The zero-order chi connectivity index (χ0) is 15.7. The molecule has 1 saturated heterocycles. The van der Waals surface area contributed by atoms with Crippen LogP contribution in [0.25, 0.3) is 0 Å². The van der Waals surface area contributed by atoms with Crippen LogP contribution in [-0.2, 0) is 29.5 Å². The Labute approximate surface area is 131 Å². The number of carbonyl (C=O) groups is 1. The number of amides is 1. The van der Waals surface area contributed by atoms with Crippen molar-refractivity contribution in [2.45, 2.75) is 45.2 Å². The Balaban J connectivity index is 1.66. The Morgan fingerprint density at radius 3 is 3.00 bits per heavy atom. The topological polar surface area (TPSA) is 59.4 Å². The summed E-state index contributed by atoms with van der Waals surface area (Å²) in [5.41, 5.74) is 2.35. The minimum Gasteiger partial charge on any atom is -0.378 e. The van der Waals surface area contributed by atoms with Gasteiger partial charge < -0.3 is 19.5 Å². The summed E-state index contributed by atoms with van der Waals surface area (Å²) >= 11 is 0. The van der Waals surface area contributed by atoms with Gasteiger partial charge in [-0.05, 0) is 0 Å². The first-order valence-electron chi connectivity index (χ1n) is 8.19. The molecule has 2 aliphatic rings. The average molecular weight is 306 g/mol. The molecule has 1 fully saturated rings. The molecule has 1 atom stereocenters. The first kappa shape index (κ1) is 15.5. The van der Waals surface area contributed by atoms with E-state index in [0.29, 0.717) is 25.5 Å². The molecule has 3 rings (SSSR count). The van der Waals surface area contributed by atoms with Gasteiger partial charge in [-0.2, -0.15) is 0 Å². The van der Waals surface area contributed by atoms with Crippen LogP contribution in [0.1, 0.15) is 43.4 Å². The average Bonchev–Trinajstić information content (AvgIpc) is 2.85. The van der Waals surface area contributed by atoms with Gasteiger partial charge in [0.2, 0.25) is 5.91 Å². The summed E-state index contributed by atoms with van der Waals surface area (Å²) in [5.74, 6) is 1.72. The monoisotopic (exact) mass is 306 g/mol. The van der Waals surface area contributed by atoms with Gasteiger partial charge in [0.05, 0.1) is 25.5 Å². The van der Waals surface area contributed by atoms with Crippen molar-refractivity contribution in [3.8, 4) is 0 Å². The van der Waals surface area contributed by atoms with Crippen molar-refractivity contribution >= 4 is 5.91 Å². The van der Waals surface area contributed by atoms with Crippen LogP contribution in [0.2, 0.25) is 0 Å². The molecule has 3 heterocycles. The van der Waals surface area contributed by atoms with Gasteiger partial charge in [0.15, 0.2) is 0 Å². The molecule has 0 aromatic carbocycles. The second-order valence-corrected chi connectivity index (χ2v) is 6.57. The molecule has 1 amide bonds. The van der Waals surface area contributed by atoms with E-state index in [1.807, 2.05) is 4.90 Å². The molecule has 2 aliphatic heterocycles. The molecule has 6 heteroatoms. The first-order valence-corrected chi connectivity index (χ1v) is 8.19. The van der Waals surface area contributed by atoms with Crippen molar-refractivity contribution in [1.82, 2.24) is 19.8 Å². The van der Waals surface area contributed by atoms with Crippen LogP contribution in [0.15, 0.2) is 0 Å². The molecule has 1 aromatic heterocycles. The Hall–Kier alpha value is -1.40. The lowest BCUT2D eigenvalue weighted by Gasteiger charge is -2.30. The minimum absolute atomic E-state index is 0.151. The van der Waals surface area contributed by atoms with Gasteiger partial charge in [-0.15, -0.1) is 0 Å². The molecule has 22 heavy (non-hydrogen) atoms. The van der Waals surface area contributed by atoms with Crippen LogP contribution in [0.3, 0.4) is 0 Å². The van der Waals surface area contributed by atoms with Crippen molar-refractivity contribution in [3.63, 3.8) is 0 Å². The van der Waals surface area contributed by atoms with E-state index in [-0.39, 0.29) is 11.9 Å². The number of imidazole rings is 1. The van der Waals surface area contributed by atoms with E-state index in [1.165, 1.54) is 5.69 Å². The van der Waals surface area contributed by atoms with Gasteiger partial charge in [-0.3, -0.25) is 4.79 Å². The quantitative estimate of drug-likeness (QED) is 0.898. The van der Waals surface area contributed by atoms with Crippen LogP contribution in [0.5, 0.6) is 0 Å². The third kappa shape index (κ3) is 3.03. The Kier molecular flexibility index (Phi) is 4.49. The molecule has 6 nitrogen and oxygen atoms in total. The van der Waals surface area contributed by atoms with Gasteiger partial charge >= 0.3 is 0 Å². The number of morpholine rings is 1. The fraction of sp³-hybridized carbons (Fsp3) is 0.750. The highest BCUT2D eigenvalue weighted by Gasteiger charge is 2.28. The molecular weight excluding hydrogens is 280 g/mol. The van der Waals surface area contributed by atoms with Crippen LogP contribution in [0.4, 0.5) is 0 Å². The number of aromatic nitrogens is 2. The van der Waals surface area contributed by atoms with E-state index >= 15 is 0 Å². The maximum atomic E-state index is 12.5. The zero-order valence-corrected chi connectivity index (χ0v) is 13.8. The standard InChI is InChI=1S/C16H26N4O2/c1-11(2)16-18-13-9-20(6-4-14(13)19(16)3)15(21)8-12-10-22-7-5-17-12/h11-12,17H,4-10H2,1-3H3. The molecule has 0 saturated carbocycles. The van der Waals surface area contributed by atoms with Crippen LogP contribution in [0, 0.1) is 0 Å². The largest absolute Gasteiger partial charge is 0.378 e. The van der Waals surface area contributed by atoms with Crippen molar-refractivity contribution in [2.75, 3.05) is 26.3 Å². The van der Waals surface area contributed by atoms with Crippen molar-refractivity contribution in [3.05, 3.63) is 17.2 Å². The lowest BCUT2D eigenvalue weighted by atomic mass is 10.1. The van der Waals surface area contributed by atoms with Crippen LogP contribution >= 0.6 is 0 Å². The number of hydrogen-bond acceptors (Lipinski definition) is 4. The molecule has 0 bridgehead atoms. The summed E-state index contributed by atoms with van der Waals surface area (Å²) in [6, 6.07) is 0.151. The summed E-state index contributed by atoms with van der Waals surface area (Å²) < 4.78 is 7.63. The highest BCUT2D eigenvalue weighted by Crippen LogP contribution is 2.23. The van der Waals surface area contributed by atoms with Crippen molar-refractivity contribution < 1.29 is 9.53 Å². The van der Waals surface area contributed by atoms with E-state index < -0.39 is 0 Å². The minimum atomic E-state index is 0.151. The molecule has 1 aromatic rings. The highest BCUT2D eigenvalue weighted by molar-refractivity contribution is 5.77. The second-order valence-electron chi connectivity index (χ2n) is 6.57. The number of fused-ring (bicyclic) bond motifs is 1. The molecule has 1 N–H and O–H groups in total. The predicted molar refractivity (Wildman–Crippen MR) is 83.6 cm³/mol. The second kappa shape index (κ2) is 6.38. The highest BCUT2D eigenvalue weighted by atomic mass is 16.5. The van der Waals surface area contributed by atoms with Crippen molar-refractivity contribution in [1.29, 1.82) is 0 Å². The smallest absolute Gasteiger partial charge is 0.224 e. The third-order valence-electron chi connectivity index (χ3n) is 4.58. The maximum Gasteiger partial charge on any atom is 0.224 e. The first-order chi connectivity index (χ1) is 10.6. The van der Waals surface area contributed by atoms with E-state index in [4.69, 9.17) is 9.72 Å². The summed E-state index contributed by atoms with van der Waals surface area (Å²) in [5, 5.41) is 3.34. The molecule has 122 valence electrons. The van der Waals surface area contributed by atoms with Crippen LogP contribution < -0.4 is 5.32 Å². The molecule has 0 aliphatic carbocycles. The zero-order valence-electron chi connectivity index (χ0n) is 13.8. The summed E-state index contributed by atoms with van der Waals surface area (Å²) in [4.78, 5) is 19.2. The number of carbonyl (C=O) groups excluding carboxylic acids is 1. The SMILES string of the molecule is CC(C)c1nc2c(n1C)CCN(C(=O)CC1COCCN1)C2. The normalized spacial score (nSPS) is 22.0. The van der Waals surface area contributed by atoms with E-state index in [1.54, 1.807) is 0 Å². The summed E-state index contributed by atoms with van der Waals surface area (Å²) in [6.45, 7) is 7.95. The van der Waals surface area contributed by atoms with Gasteiger partial charge in [0, 0.05) is 50.6 Å². The van der Waals surface area contributed by atoms with Gasteiger partial charge in [0.1, 0.15) is 5.82 Å². The molecule has 1 unspecified atom stereocenters. The molecule has 0 radical (unpaired) electrons. The van der Waals surface area contributed by atoms with Crippen LogP contribution in [-0.4, -0.2) is 52.7 Å². The number of rotatable bonds is 3. The van der Waals surface area contributed by atoms with E-state index in [0.717, 1.165) is 37.6 Å². The Morgan fingerprint density at radius 1 is 1.50 bits per heavy atom. The van der Waals surface area contributed by atoms with Gasteiger partial charge in [0.25, 0.3) is 0 Å². The lowest BCUT2D eigenvalue weighted by Crippen LogP contribution is -2.46. The Bertz CT molecular complexity index is 547. The van der Waals surface area contributed by atoms with Gasteiger partial charge in [-0.25, -0.2) is 4.98 Å². The number of nitrogens with one attached hydrogen (secondary N) is 1. The molecule has 0 spiro atoms. The van der Waals surface area contributed by atoms with E-state index in [9.17, 15) is 4.79 Å². The number of nitrogens with zero attached hydrogens (tertiary/aromatic N) is 3. The fourth-order valence-electron chi connectivity index (χ4n) is 3.37. The molecular formula is C16H26N4O2. The summed E-state index contributed by atoms with van der Waals surface area (Å²) in [6.07, 6.45) is 1.41. The van der Waals surface area contributed by atoms with E-state index in [2.05, 4.69) is 30.8 Å². The summed E-state index contributed by atoms with van der Waals surface area (Å²) in [7, 11) is 2.09. The maximum absolute atomic E-state index is 12.5. The Morgan fingerprint density at radius 2 is 2.32 bits per heavy atom.